The monoisotopic (exact) mass is 258 g/mol. The Bertz CT molecular complexity index is 374. The Balaban J connectivity index is 2.97. The first-order chi connectivity index (χ1) is 6.65. The van der Waals surface area contributed by atoms with Gasteiger partial charge in [0.15, 0.2) is 0 Å². The number of carbonyl (C=O) groups is 1. The molecule has 74 valence electrons. The molecule has 1 aromatic rings. The van der Waals surface area contributed by atoms with Gasteiger partial charge in [0.05, 0.1) is 7.11 Å². The van der Waals surface area contributed by atoms with Crippen molar-refractivity contribution < 1.29 is 13.9 Å². The smallest absolute Gasteiger partial charge is 0.366 e. The molecule has 0 fully saturated rings. The van der Waals surface area contributed by atoms with Crippen molar-refractivity contribution in [1.29, 1.82) is 0 Å². The van der Waals surface area contributed by atoms with E-state index >= 15 is 0 Å². The molecule has 0 aliphatic heterocycles. The van der Waals surface area contributed by atoms with Crippen LogP contribution in [0.15, 0.2) is 34.6 Å². The van der Waals surface area contributed by atoms with Crippen LogP contribution in [0.5, 0.6) is 0 Å². The molecule has 0 saturated heterocycles. The molecular formula is C10H8BrFO2. The summed E-state index contributed by atoms with van der Waals surface area (Å²) in [5, 5.41) is 0. The third kappa shape index (κ3) is 2.67. The summed E-state index contributed by atoms with van der Waals surface area (Å²) < 4.78 is 18.0. The zero-order chi connectivity index (χ0) is 10.6. The van der Waals surface area contributed by atoms with Crippen LogP contribution in [0.4, 0.5) is 4.39 Å². The van der Waals surface area contributed by atoms with Crippen molar-refractivity contribution in [1.82, 2.24) is 0 Å². The average Bonchev–Trinajstić information content (AvgIpc) is 2.20. The first-order valence-corrected chi connectivity index (χ1v) is 4.64. The summed E-state index contributed by atoms with van der Waals surface area (Å²) in [6, 6.07) is 7.00. The van der Waals surface area contributed by atoms with E-state index in [1.807, 2.05) is 0 Å². The first-order valence-electron chi connectivity index (χ1n) is 3.85. The third-order valence-corrected chi connectivity index (χ3v) is 2.29. The highest BCUT2D eigenvalue weighted by Crippen LogP contribution is 2.19. The van der Waals surface area contributed by atoms with Gasteiger partial charge in [0.2, 0.25) is 5.83 Å². The molecule has 0 N–H and O–H groups in total. The quantitative estimate of drug-likeness (QED) is 0.603. The van der Waals surface area contributed by atoms with Crippen molar-refractivity contribution in [2.75, 3.05) is 7.11 Å². The summed E-state index contributed by atoms with van der Waals surface area (Å²) >= 11 is 3.23. The molecule has 0 unspecified atom stereocenters. The minimum atomic E-state index is -0.972. The number of hydrogen-bond acceptors (Lipinski definition) is 2. The Kier molecular flexibility index (Phi) is 3.83. The van der Waals surface area contributed by atoms with Gasteiger partial charge in [0.1, 0.15) is 0 Å². The molecule has 14 heavy (non-hydrogen) atoms. The van der Waals surface area contributed by atoms with Gasteiger partial charge >= 0.3 is 5.97 Å². The molecule has 1 rings (SSSR count). The van der Waals surface area contributed by atoms with Crippen molar-refractivity contribution in [3.05, 3.63) is 40.1 Å². The van der Waals surface area contributed by atoms with Crippen molar-refractivity contribution in [3.63, 3.8) is 0 Å². The number of halogens is 2. The third-order valence-electron chi connectivity index (χ3n) is 1.57. The lowest BCUT2D eigenvalue weighted by molar-refractivity contribution is -0.137. The maximum atomic E-state index is 13.0. The number of ether oxygens (including phenoxy) is 1. The maximum Gasteiger partial charge on any atom is 0.366 e. The fraction of sp³-hybridized carbons (Fsp3) is 0.100. The van der Waals surface area contributed by atoms with Crippen LogP contribution in [0.2, 0.25) is 0 Å². The van der Waals surface area contributed by atoms with Crippen LogP contribution in [-0.2, 0) is 9.53 Å². The van der Waals surface area contributed by atoms with Crippen LogP contribution in [0.1, 0.15) is 5.56 Å². The fourth-order valence-electron chi connectivity index (χ4n) is 0.885. The van der Waals surface area contributed by atoms with E-state index in [1.165, 1.54) is 0 Å². The predicted molar refractivity (Wildman–Crippen MR) is 55.2 cm³/mol. The molecule has 0 aliphatic rings. The number of hydrogen-bond donors (Lipinski definition) is 0. The van der Waals surface area contributed by atoms with E-state index in [0.717, 1.165) is 17.7 Å². The molecule has 2 nitrogen and oxygen atoms in total. The summed E-state index contributed by atoms with van der Waals surface area (Å²) in [6.45, 7) is 0. The second-order valence-electron chi connectivity index (χ2n) is 2.51. The highest BCUT2D eigenvalue weighted by atomic mass is 79.9. The highest BCUT2D eigenvalue weighted by molar-refractivity contribution is 9.10. The predicted octanol–water partition coefficient (Wildman–Crippen LogP) is 2.93. The lowest BCUT2D eigenvalue weighted by atomic mass is 10.2. The van der Waals surface area contributed by atoms with E-state index in [-0.39, 0.29) is 0 Å². The summed E-state index contributed by atoms with van der Waals surface area (Å²) in [4.78, 5) is 10.7. The number of benzene rings is 1. The van der Waals surface area contributed by atoms with Gasteiger partial charge in [-0.3, -0.25) is 0 Å². The molecule has 0 saturated carbocycles. The zero-order valence-corrected chi connectivity index (χ0v) is 9.05. The fourth-order valence-corrected chi connectivity index (χ4v) is 1.28. The second-order valence-corrected chi connectivity index (χ2v) is 3.36. The van der Waals surface area contributed by atoms with Crippen molar-refractivity contribution in [3.8, 4) is 0 Å². The summed E-state index contributed by atoms with van der Waals surface area (Å²) in [5.74, 6) is -1.89. The molecule has 0 radical (unpaired) electrons. The van der Waals surface area contributed by atoms with Crippen molar-refractivity contribution in [2.24, 2.45) is 0 Å². The lowest BCUT2D eigenvalue weighted by Gasteiger charge is -1.98. The maximum absolute atomic E-state index is 13.0. The van der Waals surface area contributed by atoms with E-state index in [2.05, 4.69) is 20.7 Å². The lowest BCUT2D eigenvalue weighted by Crippen LogP contribution is -1.99. The van der Waals surface area contributed by atoms with Crippen molar-refractivity contribution in [2.45, 2.75) is 0 Å². The van der Waals surface area contributed by atoms with Gasteiger partial charge in [-0.1, -0.05) is 34.1 Å². The summed E-state index contributed by atoms with van der Waals surface area (Å²) in [5.41, 5.74) is 0.593. The molecule has 0 aliphatic carbocycles. The molecule has 0 atom stereocenters. The number of methoxy groups -OCH3 is 1. The molecule has 0 bridgehead atoms. The average molecular weight is 259 g/mol. The topological polar surface area (TPSA) is 26.3 Å². The number of carbonyl (C=O) groups excluding carboxylic acids is 1. The van der Waals surface area contributed by atoms with E-state index in [4.69, 9.17) is 0 Å². The van der Waals surface area contributed by atoms with E-state index in [0.29, 0.717) is 5.56 Å². The minimum Gasteiger partial charge on any atom is -0.464 e. The van der Waals surface area contributed by atoms with Crippen molar-refractivity contribution >= 4 is 28.0 Å². The number of rotatable bonds is 2. The van der Waals surface area contributed by atoms with Gasteiger partial charge in [-0.05, 0) is 17.7 Å². The molecule has 1 aromatic carbocycles. The zero-order valence-electron chi connectivity index (χ0n) is 7.46. The van der Waals surface area contributed by atoms with E-state index < -0.39 is 11.8 Å². The molecular weight excluding hydrogens is 251 g/mol. The van der Waals surface area contributed by atoms with Gasteiger partial charge in [-0.25, -0.2) is 4.79 Å². The Hall–Kier alpha value is -1.16. The largest absolute Gasteiger partial charge is 0.464 e. The van der Waals surface area contributed by atoms with Crippen LogP contribution in [0.25, 0.3) is 6.08 Å². The van der Waals surface area contributed by atoms with Crippen LogP contribution in [-0.4, -0.2) is 13.1 Å². The van der Waals surface area contributed by atoms with Crippen LogP contribution >= 0.6 is 15.9 Å². The Morgan fingerprint density at radius 2 is 2.14 bits per heavy atom. The second kappa shape index (κ2) is 4.91. The normalized spacial score (nSPS) is 11.2. The van der Waals surface area contributed by atoms with Gasteiger partial charge in [0, 0.05) is 4.47 Å². The summed E-state index contributed by atoms with van der Waals surface area (Å²) in [6.07, 6.45) is 1.12. The molecule has 0 amide bonds. The van der Waals surface area contributed by atoms with Gasteiger partial charge in [-0.15, -0.1) is 0 Å². The number of esters is 1. The van der Waals surface area contributed by atoms with Crippen LogP contribution in [0, 0.1) is 0 Å². The minimum absolute atomic E-state index is 0.593. The highest BCUT2D eigenvalue weighted by Gasteiger charge is 2.08. The molecule has 0 heterocycles. The van der Waals surface area contributed by atoms with E-state index in [1.54, 1.807) is 24.3 Å². The Morgan fingerprint density at radius 3 is 2.71 bits per heavy atom. The van der Waals surface area contributed by atoms with Gasteiger partial charge < -0.3 is 4.74 Å². The molecule has 0 spiro atoms. The molecule has 0 aromatic heterocycles. The Morgan fingerprint density at radius 1 is 1.50 bits per heavy atom. The summed E-state index contributed by atoms with van der Waals surface area (Å²) in [7, 11) is 1.13. The Labute approximate surface area is 89.5 Å². The van der Waals surface area contributed by atoms with Gasteiger partial charge in [-0.2, -0.15) is 4.39 Å². The van der Waals surface area contributed by atoms with E-state index in [9.17, 15) is 9.18 Å². The van der Waals surface area contributed by atoms with Crippen LogP contribution < -0.4 is 0 Å². The first kappa shape index (κ1) is 10.9. The van der Waals surface area contributed by atoms with Crippen LogP contribution in [0.3, 0.4) is 0 Å². The molecule has 4 heteroatoms. The standard InChI is InChI=1S/C10H8BrFO2/c1-14-10(13)9(12)6-7-4-2-3-5-8(7)11/h2-6H,1H3/b9-6-. The SMILES string of the molecule is COC(=O)/C(F)=C/c1ccccc1Br. The van der Waals surface area contributed by atoms with Gasteiger partial charge in [0.25, 0.3) is 0 Å².